The molecule has 2 fully saturated rings. The van der Waals surface area contributed by atoms with Crippen molar-refractivity contribution in [3.63, 3.8) is 0 Å². The van der Waals surface area contributed by atoms with Gasteiger partial charge in [-0.25, -0.2) is 4.98 Å². The molecule has 0 saturated carbocycles. The predicted molar refractivity (Wildman–Crippen MR) is 123 cm³/mol. The van der Waals surface area contributed by atoms with Gasteiger partial charge >= 0.3 is 0 Å². The molecule has 5 rings (SSSR count). The maximum absolute atomic E-state index is 9.41. The maximum Gasteiger partial charge on any atom is 0.229 e. The smallest absolute Gasteiger partial charge is 0.229 e. The van der Waals surface area contributed by atoms with Crippen LogP contribution in [0.4, 0.5) is 23.1 Å². The van der Waals surface area contributed by atoms with Crippen molar-refractivity contribution in [2.75, 3.05) is 68.0 Å². The van der Waals surface area contributed by atoms with E-state index >= 15 is 0 Å². The van der Waals surface area contributed by atoms with Gasteiger partial charge in [0, 0.05) is 57.2 Å². The van der Waals surface area contributed by atoms with E-state index in [1.54, 1.807) is 6.33 Å². The number of fused-ring (bicyclic) bond motifs is 1. The summed E-state index contributed by atoms with van der Waals surface area (Å²) in [6.45, 7) is 6.74. The minimum Gasteiger partial charge on any atom is -0.395 e. The van der Waals surface area contributed by atoms with Gasteiger partial charge in [0.25, 0.3) is 0 Å². The number of likely N-dealkylation sites (N-methyl/N-ethyl adjacent to an activating group) is 1. The molecule has 2 aliphatic heterocycles. The van der Waals surface area contributed by atoms with E-state index < -0.39 is 0 Å². The third-order valence-electron chi connectivity index (χ3n) is 6.18. The number of piperazine rings is 1. The lowest BCUT2D eigenvalue weighted by Crippen LogP contribution is -2.44. The van der Waals surface area contributed by atoms with Gasteiger partial charge in [0.05, 0.1) is 12.9 Å². The highest BCUT2D eigenvalue weighted by Crippen LogP contribution is 2.28. The molecule has 0 bridgehead atoms. The Kier molecular flexibility index (Phi) is 5.61. The topological polar surface area (TPSA) is 85.6 Å². The van der Waals surface area contributed by atoms with Crippen LogP contribution in [0.3, 0.4) is 0 Å². The number of hydrogen-bond acceptors (Lipinski definition) is 8. The predicted octanol–water partition coefficient (Wildman–Crippen LogP) is 1.91. The Labute approximate surface area is 182 Å². The first-order valence-corrected chi connectivity index (χ1v) is 11.1. The van der Waals surface area contributed by atoms with E-state index in [0.717, 1.165) is 74.9 Å². The molecule has 9 nitrogen and oxygen atoms in total. The van der Waals surface area contributed by atoms with Gasteiger partial charge in [-0.3, -0.25) is 0 Å². The van der Waals surface area contributed by atoms with Crippen molar-refractivity contribution in [2.24, 2.45) is 0 Å². The number of aliphatic hydroxyl groups is 1. The standard InChI is InChI=1S/C22H30N8O/c1-27-10-12-28(13-11-27)18-6-4-17(5-7-18)24-20-19-21(30(14-15-31)16-23-19)26-22(25-20)29-8-2-3-9-29/h4-7,16,31H,2-3,8-15H2,1H3,(H,24,25,26). The molecule has 0 amide bonds. The molecule has 1 aromatic carbocycles. The van der Waals surface area contributed by atoms with Gasteiger partial charge in [-0.05, 0) is 44.2 Å². The number of aromatic nitrogens is 4. The molecule has 31 heavy (non-hydrogen) atoms. The second-order valence-electron chi connectivity index (χ2n) is 8.36. The Morgan fingerprint density at radius 1 is 0.935 bits per heavy atom. The summed E-state index contributed by atoms with van der Waals surface area (Å²) in [7, 11) is 2.17. The van der Waals surface area contributed by atoms with Crippen LogP contribution in [-0.2, 0) is 6.54 Å². The largest absolute Gasteiger partial charge is 0.395 e. The summed E-state index contributed by atoms with van der Waals surface area (Å²) in [5, 5.41) is 12.9. The van der Waals surface area contributed by atoms with E-state index in [1.807, 2.05) is 4.57 Å². The van der Waals surface area contributed by atoms with E-state index in [-0.39, 0.29) is 6.61 Å². The van der Waals surface area contributed by atoms with Crippen LogP contribution in [0.25, 0.3) is 11.2 Å². The fourth-order valence-electron chi connectivity index (χ4n) is 4.31. The lowest BCUT2D eigenvalue weighted by Gasteiger charge is -2.34. The molecule has 2 aromatic heterocycles. The lowest BCUT2D eigenvalue weighted by atomic mass is 10.2. The Morgan fingerprint density at radius 2 is 1.68 bits per heavy atom. The van der Waals surface area contributed by atoms with Gasteiger partial charge in [0.1, 0.15) is 0 Å². The summed E-state index contributed by atoms with van der Waals surface area (Å²) in [5.74, 6) is 1.43. The van der Waals surface area contributed by atoms with Gasteiger partial charge in [-0.2, -0.15) is 9.97 Å². The van der Waals surface area contributed by atoms with Gasteiger partial charge in [0.2, 0.25) is 5.95 Å². The zero-order valence-electron chi connectivity index (χ0n) is 18.0. The zero-order valence-corrected chi connectivity index (χ0v) is 18.0. The molecular formula is C22H30N8O. The van der Waals surface area contributed by atoms with Crippen LogP contribution in [0.15, 0.2) is 30.6 Å². The average Bonchev–Trinajstić information content (AvgIpc) is 3.46. The molecule has 164 valence electrons. The molecule has 0 aliphatic carbocycles. The SMILES string of the molecule is CN1CCN(c2ccc(Nc3nc(N4CCCC4)nc4c3ncn4CCO)cc2)CC1. The van der Waals surface area contributed by atoms with Gasteiger partial charge in [0.15, 0.2) is 17.0 Å². The Morgan fingerprint density at radius 3 is 2.39 bits per heavy atom. The van der Waals surface area contributed by atoms with Crippen LogP contribution >= 0.6 is 0 Å². The number of rotatable bonds is 6. The fraction of sp³-hybridized carbons (Fsp3) is 0.500. The summed E-state index contributed by atoms with van der Waals surface area (Å²) in [4.78, 5) is 21.1. The first kappa shape index (κ1) is 20.0. The first-order valence-electron chi connectivity index (χ1n) is 11.1. The Hall–Kier alpha value is -2.91. The van der Waals surface area contributed by atoms with Crippen LogP contribution in [0, 0.1) is 0 Å². The van der Waals surface area contributed by atoms with Crippen molar-refractivity contribution >= 4 is 34.3 Å². The third-order valence-corrected chi connectivity index (χ3v) is 6.18. The van der Waals surface area contributed by atoms with E-state index in [2.05, 4.69) is 56.3 Å². The second-order valence-corrected chi connectivity index (χ2v) is 8.36. The highest BCUT2D eigenvalue weighted by atomic mass is 16.3. The quantitative estimate of drug-likeness (QED) is 0.623. The summed E-state index contributed by atoms with van der Waals surface area (Å²) in [5.41, 5.74) is 3.69. The molecule has 3 aromatic rings. The number of nitrogens with one attached hydrogen (secondary N) is 1. The summed E-state index contributed by atoms with van der Waals surface area (Å²) >= 11 is 0. The molecule has 4 heterocycles. The number of aliphatic hydroxyl groups excluding tert-OH is 1. The molecule has 2 saturated heterocycles. The molecule has 0 unspecified atom stereocenters. The fourth-order valence-corrected chi connectivity index (χ4v) is 4.31. The van der Waals surface area contributed by atoms with Gasteiger partial charge < -0.3 is 29.7 Å². The molecule has 0 atom stereocenters. The number of hydrogen-bond donors (Lipinski definition) is 2. The Bertz CT molecular complexity index is 1020. The van der Waals surface area contributed by atoms with Crippen molar-refractivity contribution in [1.82, 2.24) is 24.4 Å². The Balaban J connectivity index is 1.42. The van der Waals surface area contributed by atoms with Crippen molar-refractivity contribution < 1.29 is 5.11 Å². The van der Waals surface area contributed by atoms with Crippen molar-refractivity contribution in [3.8, 4) is 0 Å². The van der Waals surface area contributed by atoms with Crippen molar-refractivity contribution in [2.45, 2.75) is 19.4 Å². The highest BCUT2D eigenvalue weighted by molar-refractivity contribution is 5.86. The van der Waals surface area contributed by atoms with Gasteiger partial charge in [-0.15, -0.1) is 0 Å². The molecule has 2 N–H and O–H groups in total. The lowest BCUT2D eigenvalue weighted by molar-refractivity contribution is 0.277. The van der Waals surface area contributed by atoms with Crippen LogP contribution in [0.1, 0.15) is 12.8 Å². The molecular weight excluding hydrogens is 392 g/mol. The number of imidazole rings is 1. The maximum atomic E-state index is 9.41. The van der Waals surface area contributed by atoms with Crippen LogP contribution in [0.5, 0.6) is 0 Å². The minimum absolute atomic E-state index is 0.0467. The molecule has 9 heteroatoms. The van der Waals surface area contributed by atoms with E-state index in [9.17, 15) is 5.11 Å². The zero-order chi connectivity index (χ0) is 21.2. The van der Waals surface area contributed by atoms with E-state index in [1.165, 1.54) is 5.69 Å². The van der Waals surface area contributed by atoms with Crippen LogP contribution in [0.2, 0.25) is 0 Å². The van der Waals surface area contributed by atoms with Crippen LogP contribution in [-0.4, -0.2) is 82.4 Å². The number of anilines is 4. The normalized spacial score (nSPS) is 17.6. The first-order chi connectivity index (χ1) is 15.2. The molecule has 0 spiro atoms. The summed E-state index contributed by atoms with van der Waals surface area (Å²) < 4.78 is 1.89. The van der Waals surface area contributed by atoms with E-state index in [0.29, 0.717) is 12.4 Å². The van der Waals surface area contributed by atoms with Crippen molar-refractivity contribution in [1.29, 1.82) is 0 Å². The number of nitrogens with zero attached hydrogens (tertiary/aromatic N) is 7. The minimum atomic E-state index is 0.0467. The summed E-state index contributed by atoms with van der Waals surface area (Å²) in [6.07, 6.45) is 4.05. The van der Waals surface area contributed by atoms with Gasteiger partial charge in [-0.1, -0.05) is 0 Å². The number of benzene rings is 1. The van der Waals surface area contributed by atoms with Crippen LogP contribution < -0.4 is 15.1 Å². The van der Waals surface area contributed by atoms with Crippen molar-refractivity contribution in [3.05, 3.63) is 30.6 Å². The van der Waals surface area contributed by atoms with E-state index in [4.69, 9.17) is 9.97 Å². The molecule has 2 aliphatic rings. The average molecular weight is 423 g/mol. The second kappa shape index (κ2) is 8.68. The molecule has 0 radical (unpaired) electrons. The highest BCUT2D eigenvalue weighted by Gasteiger charge is 2.20. The monoisotopic (exact) mass is 422 g/mol. The third kappa shape index (κ3) is 4.15. The summed E-state index contributed by atoms with van der Waals surface area (Å²) in [6, 6.07) is 8.53.